The topological polar surface area (TPSA) is 134 Å². The summed E-state index contributed by atoms with van der Waals surface area (Å²) < 4.78 is 0. The molecule has 10 nitrogen and oxygen atoms in total. The lowest BCUT2D eigenvalue weighted by Gasteiger charge is -2.25. The summed E-state index contributed by atoms with van der Waals surface area (Å²) in [6.07, 6.45) is 4.51. The maximum atomic E-state index is 12.6. The van der Waals surface area contributed by atoms with Crippen LogP contribution < -0.4 is 21.3 Å². The van der Waals surface area contributed by atoms with Gasteiger partial charge in [-0.2, -0.15) is 0 Å². The van der Waals surface area contributed by atoms with Gasteiger partial charge < -0.3 is 21.3 Å². The molecule has 208 valence electrons. The average molecular weight is 577 g/mol. The summed E-state index contributed by atoms with van der Waals surface area (Å²) in [7, 11) is 3.71. The minimum atomic E-state index is -0.115. The second-order valence-corrected chi connectivity index (χ2v) is 11.8. The highest BCUT2D eigenvalue weighted by Crippen LogP contribution is 2.43. The van der Waals surface area contributed by atoms with Gasteiger partial charge in [0.15, 0.2) is 0 Å². The molecule has 4 N–H and O–H groups in total. The first kappa shape index (κ1) is 27.7. The first-order chi connectivity index (χ1) is 19.5. The van der Waals surface area contributed by atoms with Crippen molar-refractivity contribution in [2.75, 3.05) is 35.4 Å². The van der Waals surface area contributed by atoms with Crippen molar-refractivity contribution >= 4 is 56.1 Å². The van der Waals surface area contributed by atoms with Crippen LogP contribution in [0.4, 0.5) is 21.6 Å². The van der Waals surface area contributed by atoms with Gasteiger partial charge >= 0.3 is 0 Å². The number of rotatable bonds is 10. The van der Waals surface area contributed by atoms with Crippen molar-refractivity contribution in [2.45, 2.75) is 50.4 Å². The normalized spacial score (nSPS) is 16.8. The van der Waals surface area contributed by atoms with Gasteiger partial charge in [0.2, 0.25) is 22.1 Å². The average Bonchev–Trinajstić information content (AvgIpc) is 3.63. The lowest BCUT2D eigenvalue weighted by atomic mass is 9.82. The molecule has 0 radical (unpaired) electrons. The SMILES string of the molecule is CNc1cccc(CC(=O)Nc2nnc(C3CCCC(c4nnc(NC(=O)Cc5cccc(NC)c5)s4)C3)s2)c1. The fourth-order valence-electron chi connectivity index (χ4n) is 4.91. The predicted octanol–water partition coefficient (Wildman–Crippen LogP) is 5.28. The molecule has 4 aromatic rings. The number of hydrogen-bond donors (Lipinski definition) is 4. The van der Waals surface area contributed by atoms with E-state index in [2.05, 4.69) is 41.7 Å². The molecule has 2 atom stereocenters. The van der Waals surface area contributed by atoms with Gasteiger partial charge in [-0.15, -0.1) is 20.4 Å². The Hall–Kier alpha value is -3.90. The third-order valence-corrected chi connectivity index (χ3v) is 8.91. The third kappa shape index (κ3) is 7.19. The quantitative estimate of drug-likeness (QED) is 0.200. The van der Waals surface area contributed by atoms with Crippen molar-refractivity contribution in [1.29, 1.82) is 0 Å². The number of aromatic nitrogens is 4. The van der Waals surface area contributed by atoms with Crippen LogP contribution in [0.2, 0.25) is 0 Å². The number of benzene rings is 2. The summed E-state index contributed by atoms with van der Waals surface area (Å²) in [6, 6.07) is 15.6. The molecule has 1 fully saturated rings. The molecule has 1 saturated carbocycles. The van der Waals surface area contributed by atoms with Gasteiger partial charge in [0.25, 0.3) is 0 Å². The molecule has 2 aromatic heterocycles. The Morgan fingerprint density at radius 3 is 1.68 bits per heavy atom. The Bertz CT molecular complexity index is 1360. The van der Waals surface area contributed by atoms with E-state index in [4.69, 9.17) is 0 Å². The van der Waals surface area contributed by atoms with Crippen molar-refractivity contribution < 1.29 is 9.59 Å². The minimum absolute atomic E-state index is 0.115. The Morgan fingerprint density at radius 1 is 0.750 bits per heavy atom. The van der Waals surface area contributed by atoms with Gasteiger partial charge in [0, 0.05) is 37.3 Å². The summed E-state index contributed by atoms with van der Waals surface area (Å²) in [5, 5.41) is 32.1. The van der Waals surface area contributed by atoms with Crippen LogP contribution in [-0.2, 0) is 22.4 Å². The number of nitrogens with one attached hydrogen (secondary N) is 4. The number of carbonyl (C=O) groups is 2. The molecule has 1 aliphatic rings. The molecule has 1 aliphatic carbocycles. The molecule has 5 rings (SSSR count). The first-order valence-electron chi connectivity index (χ1n) is 13.3. The molecule has 12 heteroatoms. The maximum Gasteiger partial charge on any atom is 0.230 e. The zero-order chi connectivity index (χ0) is 27.9. The molecular weight excluding hydrogens is 544 g/mol. The standard InChI is InChI=1S/C28H32N8O2S2/c1-29-21-10-3-6-17(12-21)14-23(37)31-27-35-33-25(39-27)19-8-5-9-20(16-19)26-34-36-28(40-26)32-24(38)15-18-7-4-11-22(13-18)30-2/h3-4,6-7,10-13,19-20,29-30H,5,8-9,14-16H2,1-2H3,(H,31,35,37)(H,32,36,38). The Kier molecular flexibility index (Phi) is 8.97. The Morgan fingerprint density at radius 2 is 1.23 bits per heavy atom. The molecular formula is C28H32N8O2S2. The lowest BCUT2D eigenvalue weighted by Crippen LogP contribution is -2.14. The van der Waals surface area contributed by atoms with Crippen LogP contribution in [0, 0.1) is 0 Å². The monoisotopic (exact) mass is 576 g/mol. The van der Waals surface area contributed by atoms with Gasteiger partial charge in [0.1, 0.15) is 10.0 Å². The molecule has 2 heterocycles. The van der Waals surface area contributed by atoms with Crippen LogP contribution in [-0.4, -0.2) is 46.3 Å². The van der Waals surface area contributed by atoms with E-state index in [9.17, 15) is 9.59 Å². The molecule has 0 bridgehead atoms. The van der Waals surface area contributed by atoms with E-state index in [0.29, 0.717) is 10.3 Å². The fourth-order valence-corrected chi connectivity index (χ4v) is 6.72. The van der Waals surface area contributed by atoms with E-state index >= 15 is 0 Å². The fraction of sp³-hybridized carbons (Fsp3) is 0.357. The van der Waals surface area contributed by atoms with Crippen molar-refractivity contribution in [3.63, 3.8) is 0 Å². The summed E-state index contributed by atoms with van der Waals surface area (Å²) in [5.41, 5.74) is 3.80. The number of carbonyl (C=O) groups excluding carboxylic acids is 2. The second-order valence-electron chi connectivity index (χ2n) is 9.80. The smallest absolute Gasteiger partial charge is 0.230 e. The second kappa shape index (κ2) is 13.0. The highest BCUT2D eigenvalue weighted by molar-refractivity contribution is 7.15. The summed E-state index contributed by atoms with van der Waals surface area (Å²) >= 11 is 2.88. The van der Waals surface area contributed by atoms with Crippen LogP contribution in [0.5, 0.6) is 0 Å². The molecule has 2 amide bonds. The zero-order valence-corrected chi connectivity index (χ0v) is 24.1. The van der Waals surface area contributed by atoms with Gasteiger partial charge in [-0.05, 0) is 54.7 Å². The zero-order valence-electron chi connectivity index (χ0n) is 22.4. The van der Waals surface area contributed by atoms with Crippen LogP contribution in [0.25, 0.3) is 0 Å². The van der Waals surface area contributed by atoms with Crippen molar-refractivity contribution in [3.8, 4) is 0 Å². The van der Waals surface area contributed by atoms with Crippen LogP contribution in [0.3, 0.4) is 0 Å². The summed E-state index contributed by atoms with van der Waals surface area (Å²) in [6.45, 7) is 0. The first-order valence-corrected chi connectivity index (χ1v) is 14.9. The van der Waals surface area contributed by atoms with Crippen molar-refractivity contribution in [2.24, 2.45) is 0 Å². The molecule has 40 heavy (non-hydrogen) atoms. The number of hydrogen-bond acceptors (Lipinski definition) is 10. The molecule has 2 unspecified atom stereocenters. The van der Waals surface area contributed by atoms with Gasteiger partial charge in [0.05, 0.1) is 12.8 Å². The van der Waals surface area contributed by atoms with Crippen molar-refractivity contribution in [1.82, 2.24) is 20.4 Å². The highest BCUT2D eigenvalue weighted by Gasteiger charge is 2.29. The van der Waals surface area contributed by atoms with E-state index in [1.165, 1.54) is 22.7 Å². The summed E-state index contributed by atoms with van der Waals surface area (Å²) in [4.78, 5) is 25.1. The van der Waals surface area contributed by atoms with E-state index in [0.717, 1.165) is 58.2 Å². The molecule has 2 aromatic carbocycles. The van der Waals surface area contributed by atoms with Crippen LogP contribution in [0.15, 0.2) is 48.5 Å². The number of amides is 2. The summed E-state index contributed by atoms with van der Waals surface area (Å²) in [5.74, 6) is 0.262. The van der Waals surface area contributed by atoms with Gasteiger partial charge in [-0.25, -0.2) is 0 Å². The molecule has 0 spiro atoms. The lowest BCUT2D eigenvalue weighted by molar-refractivity contribution is -0.116. The largest absolute Gasteiger partial charge is 0.388 e. The van der Waals surface area contributed by atoms with E-state index in [-0.39, 0.29) is 36.5 Å². The Balaban J connectivity index is 1.14. The molecule has 0 aliphatic heterocycles. The number of nitrogens with zero attached hydrogens (tertiary/aromatic N) is 4. The highest BCUT2D eigenvalue weighted by atomic mass is 32.1. The minimum Gasteiger partial charge on any atom is -0.388 e. The van der Waals surface area contributed by atoms with Gasteiger partial charge in [-0.3, -0.25) is 9.59 Å². The van der Waals surface area contributed by atoms with Crippen molar-refractivity contribution in [3.05, 3.63) is 69.7 Å². The van der Waals surface area contributed by atoms with Crippen LogP contribution >= 0.6 is 22.7 Å². The van der Waals surface area contributed by atoms with Gasteiger partial charge in [-0.1, -0.05) is 53.4 Å². The number of anilines is 4. The van der Waals surface area contributed by atoms with Crippen LogP contribution in [0.1, 0.15) is 58.7 Å². The molecule has 0 saturated heterocycles. The maximum absolute atomic E-state index is 12.6. The predicted molar refractivity (Wildman–Crippen MR) is 160 cm³/mol. The van der Waals surface area contributed by atoms with E-state index in [1.807, 2.05) is 62.6 Å². The van der Waals surface area contributed by atoms with E-state index < -0.39 is 0 Å². The van der Waals surface area contributed by atoms with E-state index in [1.54, 1.807) is 0 Å². The Labute approximate surface area is 241 Å². The third-order valence-electron chi connectivity index (χ3n) is 6.91.